The highest BCUT2D eigenvalue weighted by Gasteiger charge is 2.57. The zero-order valence-electron chi connectivity index (χ0n) is 29.0. The number of ether oxygens (including phenoxy) is 5. The lowest BCUT2D eigenvalue weighted by Crippen LogP contribution is -2.52. The maximum Gasteiger partial charge on any atom is 0.405 e. The fourth-order valence-electron chi connectivity index (χ4n) is 5.35. The molecule has 0 aliphatic carbocycles. The zero-order valence-corrected chi connectivity index (χ0v) is 30.6. The van der Waals surface area contributed by atoms with Gasteiger partial charge in [-0.25, -0.2) is 0 Å². The molecule has 0 radical (unpaired) electrons. The Kier molecular flexibility index (Phi) is 10.8. The summed E-state index contributed by atoms with van der Waals surface area (Å²) in [6.07, 6.45) is -11.3. The first-order chi connectivity index (χ1) is 24.2. The summed E-state index contributed by atoms with van der Waals surface area (Å²) in [6.45, 7) is 3.30. The molecule has 3 aromatic carbocycles. The van der Waals surface area contributed by atoms with E-state index < -0.39 is 93.6 Å². The van der Waals surface area contributed by atoms with Crippen molar-refractivity contribution in [3.63, 3.8) is 0 Å². The molecule has 8 nitrogen and oxygen atoms in total. The average Bonchev–Trinajstić information content (AvgIpc) is 3.07. The Bertz CT molecular complexity index is 1760. The maximum absolute atomic E-state index is 14.1. The van der Waals surface area contributed by atoms with E-state index in [1.54, 1.807) is 60.7 Å². The lowest BCUT2D eigenvalue weighted by atomic mass is 9.90. The molecule has 2 saturated heterocycles. The summed E-state index contributed by atoms with van der Waals surface area (Å²) >= 11 is 0. The Morgan fingerprint density at radius 2 is 0.925 bits per heavy atom. The lowest BCUT2D eigenvalue weighted by Gasteiger charge is -2.43. The first-order valence-electron chi connectivity index (χ1n) is 16.0. The predicted molar refractivity (Wildman–Crippen MR) is 175 cm³/mol. The minimum Gasteiger partial charge on any atom is -0.483 e. The van der Waals surface area contributed by atoms with Crippen molar-refractivity contribution in [2.24, 2.45) is 10.8 Å². The molecule has 5 rings (SSSR count). The fraction of sp³-hybridized carbons (Fsp3) is 0.486. The second-order valence-electron chi connectivity index (χ2n) is 13.8. The van der Waals surface area contributed by atoms with E-state index in [0.717, 1.165) is 20.8 Å². The first-order valence-corrected chi connectivity index (χ1v) is 18.7. The van der Waals surface area contributed by atoms with Gasteiger partial charge in [0.1, 0.15) is 16.6 Å². The lowest BCUT2D eigenvalue weighted by molar-refractivity contribution is -0.355. The topological polar surface area (TPSA) is 101 Å². The number of hydrogen-bond acceptors (Lipinski definition) is 7. The first kappa shape index (κ1) is 41.2. The van der Waals surface area contributed by atoms with E-state index >= 15 is 0 Å². The molecular weight excluding hydrogens is 764 g/mol. The standard InChI is InChI=1S/C35H36F8O8S2/c1-22(33(36,37)53(44,45)46)51-25-10-16-28(17-11-25)52(26-12-6-23(7-13-26)31(4)47-18-29(2,19-48-31)34(38,39)40)27-14-8-24(9-15-27)32(5)49-20-30(3,21-50-32)35(41,42)43/h6-17,22H,18-21H2,1-5H3/p+1. The van der Waals surface area contributed by atoms with Crippen molar-refractivity contribution in [2.75, 3.05) is 26.4 Å². The molecule has 2 fully saturated rings. The Morgan fingerprint density at radius 3 is 1.21 bits per heavy atom. The molecule has 0 spiro atoms. The molecule has 18 heteroatoms. The van der Waals surface area contributed by atoms with Gasteiger partial charge in [-0.15, -0.1) is 0 Å². The van der Waals surface area contributed by atoms with Crippen LogP contribution in [0.25, 0.3) is 0 Å². The SMILES string of the molecule is CC(Oc1ccc([S+](c2ccc(C3(C)OCC(C)(C(F)(F)F)CO3)cc2)c2ccc(C3(C)OCC(C)(C(F)(F)F)CO3)cc2)cc1)C(F)(F)S(=O)(=O)O. The highest BCUT2D eigenvalue weighted by atomic mass is 32.2. The van der Waals surface area contributed by atoms with Crippen molar-refractivity contribution in [1.82, 2.24) is 0 Å². The Balaban J connectivity index is 1.45. The van der Waals surface area contributed by atoms with E-state index in [0.29, 0.717) is 25.8 Å². The quantitative estimate of drug-likeness (QED) is 0.131. The molecule has 1 unspecified atom stereocenters. The maximum atomic E-state index is 14.1. The number of hydrogen-bond donors (Lipinski definition) is 1. The molecule has 3 aromatic rings. The Hall–Kier alpha value is -3.00. The fourth-order valence-corrected chi connectivity index (χ4v) is 7.86. The molecule has 2 heterocycles. The number of alkyl halides is 8. The average molecular weight is 802 g/mol. The van der Waals surface area contributed by atoms with Crippen LogP contribution in [0.1, 0.15) is 45.7 Å². The third-order valence-electron chi connectivity index (χ3n) is 9.45. The summed E-state index contributed by atoms with van der Waals surface area (Å²) in [5.74, 6) is -3.10. The van der Waals surface area contributed by atoms with Gasteiger partial charge in [-0.3, -0.25) is 4.55 Å². The molecule has 2 aliphatic heterocycles. The van der Waals surface area contributed by atoms with Crippen molar-refractivity contribution in [3.05, 3.63) is 83.9 Å². The second kappa shape index (κ2) is 13.9. The van der Waals surface area contributed by atoms with Gasteiger partial charge in [0.15, 0.2) is 32.4 Å². The minimum absolute atomic E-state index is 0.130. The van der Waals surface area contributed by atoms with Crippen LogP contribution in [-0.2, 0) is 51.5 Å². The molecule has 1 atom stereocenters. The number of halogens is 8. The molecule has 0 bridgehead atoms. The van der Waals surface area contributed by atoms with Crippen LogP contribution in [0.15, 0.2) is 87.5 Å². The third-order valence-corrected chi connectivity index (χ3v) is 12.7. The summed E-state index contributed by atoms with van der Waals surface area (Å²) in [4.78, 5) is 1.97. The van der Waals surface area contributed by atoms with E-state index in [2.05, 4.69) is 0 Å². The highest BCUT2D eigenvalue weighted by Crippen LogP contribution is 2.47. The Morgan fingerprint density at radius 1 is 0.623 bits per heavy atom. The predicted octanol–water partition coefficient (Wildman–Crippen LogP) is 8.61. The van der Waals surface area contributed by atoms with Crippen molar-refractivity contribution < 1.29 is 71.8 Å². The van der Waals surface area contributed by atoms with E-state index in [1.165, 1.54) is 26.0 Å². The molecule has 0 saturated carbocycles. The normalized spacial score (nSPS) is 28.6. The summed E-state index contributed by atoms with van der Waals surface area (Å²) in [7, 11) is -6.73. The van der Waals surface area contributed by atoms with Crippen molar-refractivity contribution in [3.8, 4) is 5.75 Å². The van der Waals surface area contributed by atoms with Crippen LogP contribution >= 0.6 is 0 Å². The van der Waals surface area contributed by atoms with E-state index in [9.17, 15) is 43.5 Å². The van der Waals surface area contributed by atoms with Crippen molar-refractivity contribution in [2.45, 2.75) is 84.6 Å². The van der Waals surface area contributed by atoms with Crippen molar-refractivity contribution in [1.29, 1.82) is 0 Å². The van der Waals surface area contributed by atoms with Gasteiger partial charge in [0.05, 0.1) is 37.3 Å². The molecule has 53 heavy (non-hydrogen) atoms. The van der Waals surface area contributed by atoms with Gasteiger partial charge in [0, 0.05) is 11.1 Å². The summed E-state index contributed by atoms with van der Waals surface area (Å²) in [6, 6.07) is 19.2. The minimum atomic E-state index is -5.77. The van der Waals surface area contributed by atoms with E-state index in [-0.39, 0.29) is 5.75 Å². The van der Waals surface area contributed by atoms with Gasteiger partial charge in [-0.1, -0.05) is 0 Å². The van der Waals surface area contributed by atoms with Crippen LogP contribution in [0.2, 0.25) is 0 Å². The van der Waals surface area contributed by atoms with E-state index in [4.69, 9.17) is 28.2 Å². The van der Waals surface area contributed by atoms with Gasteiger partial charge < -0.3 is 23.7 Å². The summed E-state index contributed by atoms with van der Waals surface area (Å²) in [5.41, 5.74) is -3.51. The van der Waals surface area contributed by atoms with E-state index in [1.807, 2.05) is 0 Å². The summed E-state index contributed by atoms with van der Waals surface area (Å²) in [5, 5.41) is -4.60. The monoisotopic (exact) mass is 801 g/mol. The molecular formula is C35H37F8O8S2+. The number of rotatable bonds is 9. The van der Waals surface area contributed by atoms with Gasteiger partial charge in [0.2, 0.25) is 0 Å². The van der Waals surface area contributed by atoms with Crippen molar-refractivity contribution >= 4 is 21.0 Å². The van der Waals surface area contributed by atoms with Crippen LogP contribution in [0, 0.1) is 10.8 Å². The third kappa shape index (κ3) is 8.04. The van der Waals surface area contributed by atoms with Gasteiger partial charge in [0.25, 0.3) is 0 Å². The molecule has 292 valence electrons. The molecule has 0 amide bonds. The van der Waals surface area contributed by atoms with Gasteiger partial charge in [-0.05, 0) is 107 Å². The molecule has 0 aromatic heterocycles. The largest absolute Gasteiger partial charge is 0.483 e. The second-order valence-corrected chi connectivity index (χ2v) is 17.3. The summed E-state index contributed by atoms with van der Waals surface area (Å²) < 4.78 is 169. The van der Waals surface area contributed by atoms with Gasteiger partial charge >= 0.3 is 27.7 Å². The van der Waals surface area contributed by atoms with Crippen LogP contribution in [0.5, 0.6) is 5.75 Å². The zero-order chi connectivity index (χ0) is 39.5. The van der Waals surface area contributed by atoms with Crippen LogP contribution in [0.3, 0.4) is 0 Å². The van der Waals surface area contributed by atoms with Gasteiger partial charge in [-0.2, -0.15) is 43.5 Å². The van der Waals surface area contributed by atoms with Crippen LogP contribution in [0.4, 0.5) is 35.1 Å². The van der Waals surface area contributed by atoms with Crippen LogP contribution < -0.4 is 4.74 Å². The molecule has 2 aliphatic rings. The Labute approximate surface area is 303 Å². The number of benzene rings is 3. The molecule has 1 N–H and O–H groups in total. The smallest absolute Gasteiger partial charge is 0.405 e. The highest BCUT2D eigenvalue weighted by molar-refractivity contribution is 7.97. The van der Waals surface area contributed by atoms with Crippen LogP contribution in [-0.4, -0.2) is 63.1 Å².